The van der Waals surface area contributed by atoms with Crippen LogP contribution in [-0.2, 0) is 0 Å². The van der Waals surface area contributed by atoms with Crippen LogP contribution in [0, 0.1) is 11.3 Å². The van der Waals surface area contributed by atoms with Crippen LogP contribution in [0.3, 0.4) is 0 Å². The van der Waals surface area contributed by atoms with Crippen LogP contribution in [0.15, 0.2) is 0 Å². The maximum atomic E-state index is 12.6. The van der Waals surface area contributed by atoms with E-state index in [1.54, 1.807) is 6.92 Å². The molecule has 0 aromatic rings. The SMILES string of the molecule is CC1C(F)(F)C12CNC2. The Morgan fingerprint density at radius 2 is 1.89 bits per heavy atom. The lowest BCUT2D eigenvalue weighted by Crippen LogP contribution is -2.48. The van der Waals surface area contributed by atoms with Crippen LogP contribution in [0.1, 0.15) is 6.92 Å². The number of nitrogens with one attached hydrogen (secondary N) is 1. The van der Waals surface area contributed by atoms with Crippen LogP contribution >= 0.6 is 0 Å². The van der Waals surface area contributed by atoms with Crippen molar-refractivity contribution in [2.24, 2.45) is 11.3 Å². The zero-order valence-electron chi connectivity index (χ0n) is 5.25. The first-order chi connectivity index (χ1) is 4.11. The van der Waals surface area contributed by atoms with E-state index < -0.39 is 11.3 Å². The Labute approximate surface area is 52.4 Å². The molecule has 0 amide bonds. The van der Waals surface area contributed by atoms with Crippen LogP contribution in [-0.4, -0.2) is 19.0 Å². The zero-order chi connectivity index (χ0) is 6.70. The highest BCUT2D eigenvalue weighted by atomic mass is 19.3. The lowest BCUT2D eigenvalue weighted by molar-refractivity contribution is 0.0390. The Morgan fingerprint density at radius 3 is 1.89 bits per heavy atom. The van der Waals surface area contributed by atoms with Gasteiger partial charge in [-0.1, -0.05) is 6.92 Å². The van der Waals surface area contributed by atoms with Gasteiger partial charge in [0.2, 0.25) is 0 Å². The lowest BCUT2D eigenvalue weighted by Gasteiger charge is -2.27. The average Bonchev–Trinajstić information content (AvgIpc) is 2.01. The van der Waals surface area contributed by atoms with Gasteiger partial charge in [-0.15, -0.1) is 0 Å². The van der Waals surface area contributed by atoms with Crippen molar-refractivity contribution >= 4 is 0 Å². The molecule has 0 radical (unpaired) electrons. The molecule has 3 heteroatoms. The number of halogens is 2. The van der Waals surface area contributed by atoms with Crippen molar-refractivity contribution in [1.29, 1.82) is 0 Å². The molecule has 9 heavy (non-hydrogen) atoms. The second-order valence-corrected chi connectivity index (χ2v) is 3.10. The first kappa shape index (κ1) is 5.59. The van der Waals surface area contributed by atoms with Gasteiger partial charge in [0.05, 0.1) is 5.41 Å². The van der Waals surface area contributed by atoms with Crippen LogP contribution in [0.2, 0.25) is 0 Å². The van der Waals surface area contributed by atoms with E-state index in [0.29, 0.717) is 13.1 Å². The summed E-state index contributed by atoms with van der Waals surface area (Å²) < 4.78 is 25.2. The number of hydrogen-bond donors (Lipinski definition) is 1. The molecular weight excluding hydrogens is 124 g/mol. The molecule has 1 saturated heterocycles. The summed E-state index contributed by atoms with van der Waals surface area (Å²) >= 11 is 0. The molecule has 1 atom stereocenters. The molecule has 1 aliphatic heterocycles. The topological polar surface area (TPSA) is 12.0 Å². The van der Waals surface area contributed by atoms with Crippen molar-refractivity contribution in [3.05, 3.63) is 0 Å². The average molecular weight is 133 g/mol. The van der Waals surface area contributed by atoms with E-state index in [9.17, 15) is 8.78 Å². The van der Waals surface area contributed by atoms with Gasteiger partial charge in [-0.05, 0) is 0 Å². The van der Waals surface area contributed by atoms with Gasteiger partial charge in [0.15, 0.2) is 0 Å². The third-order valence-corrected chi connectivity index (χ3v) is 2.83. The summed E-state index contributed by atoms with van der Waals surface area (Å²) in [4.78, 5) is 0. The summed E-state index contributed by atoms with van der Waals surface area (Å²) in [6.45, 7) is 2.66. The summed E-state index contributed by atoms with van der Waals surface area (Å²) in [5.74, 6) is -2.75. The van der Waals surface area contributed by atoms with Crippen LogP contribution in [0.5, 0.6) is 0 Å². The Bertz CT molecular complexity index is 151. The molecule has 1 saturated carbocycles. The fourth-order valence-electron chi connectivity index (χ4n) is 1.64. The minimum atomic E-state index is -2.36. The van der Waals surface area contributed by atoms with Crippen molar-refractivity contribution in [3.8, 4) is 0 Å². The van der Waals surface area contributed by atoms with Gasteiger partial charge in [-0.25, -0.2) is 8.78 Å². The summed E-state index contributed by atoms with van der Waals surface area (Å²) in [6.07, 6.45) is 0. The Hall–Kier alpha value is -0.180. The van der Waals surface area contributed by atoms with Gasteiger partial charge < -0.3 is 5.32 Å². The highest BCUT2D eigenvalue weighted by Crippen LogP contribution is 2.67. The quantitative estimate of drug-likeness (QED) is 0.516. The van der Waals surface area contributed by atoms with Gasteiger partial charge in [-0.3, -0.25) is 0 Å². The molecule has 2 rings (SSSR count). The van der Waals surface area contributed by atoms with Gasteiger partial charge in [-0.2, -0.15) is 0 Å². The number of rotatable bonds is 0. The van der Waals surface area contributed by atoms with Crippen LogP contribution in [0.4, 0.5) is 8.78 Å². The molecule has 1 unspecified atom stereocenters. The van der Waals surface area contributed by atoms with Crippen molar-refractivity contribution in [2.75, 3.05) is 13.1 Å². The highest BCUT2D eigenvalue weighted by molar-refractivity contribution is 5.22. The van der Waals surface area contributed by atoms with E-state index in [0.717, 1.165) is 0 Å². The first-order valence-corrected chi connectivity index (χ1v) is 3.20. The molecule has 1 aliphatic carbocycles. The van der Waals surface area contributed by atoms with Crippen molar-refractivity contribution < 1.29 is 8.78 Å². The van der Waals surface area contributed by atoms with E-state index in [1.165, 1.54) is 0 Å². The van der Waals surface area contributed by atoms with Gasteiger partial charge >= 0.3 is 0 Å². The Morgan fingerprint density at radius 1 is 1.44 bits per heavy atom. The summed E-state index contributed by atoms with van der Waals surface area (Å²) in [6, 6.07) is 0. The molecule has 1 heterocycles. The molecule has 2 aliphatic rings. The van der Waals surface area contributed by atoms with Crippen molar-refractivity contribution in [2.45, 2.75) is 12.8 Å². The molecule has 2 fully saturated rings. The number of hydrogen-bond acceptors (Lipinski definition) is 1. The third-order valence-electron chi connectivity index (χ3n) is 2.83. The second-order valence-electron chi connectivity index (χ2n) is 3.10. The molecule has 52 valence electrons. The molecule has 0 aromatic carbocycles. The summed E-state index contributed by atoms with van der Waals surface area (Å²) in [5, 5.41) is 2.87. The fourth-order valence-corrected chi connectivity index (χ4v) is 1.64. The minimum Gasteiger partial charge on any atom is -0.315 e. The largest absolute Gasteiger partial charge is 0.315 e. The third kappa shape index (κ3) is 0.368. The first-order valence-electron chi connectivity index (χ1n) is 3.20. The zero-order valence-corrected chi connectivity index (χ0v) is 5.25. The molecule has 0 aromatic heterocycles. The predicted molar refractivity (Wildman–Crippen MR) is 29.4 cm³/mol. The molecule has 1 N–H and O–H groups in total. The molecular formula is C6H9F2N. The second kappa shape index (κ2) is 1.15. The highest BCUT2D eigenvalue weighted by Gasteiger charge is 2.80. The molecule has 1 spiro atoms. The summed E-state index contributed by atoms with van der Waals surface area (Å²) in [7, 11) is 0. The smallest absolute Gasteiger partial charge is 0.259 e. The maximum absolute atomic E-state index is 12.6. The lowest BCUT2D eigenvalue weighted by atomic mass is 9.97. The molecule has 1 nitrogen and oxygen atoms in total. The van der Waals surface area contributed by atoms with E-state index >= 15 is 0 Å². The van der Waals surface area contributed by atoms with Gasteiger partial charge in [0.1, 0.15) is 0 Å². The van der Waals surface area contributed by atoms with Crippen molar-refractivity contribution in [1.82, 2.24) is 5.32 Å². The van der Waals surface area contributed by atoms with E-state index in [4.69, 9.17) is 0 Å². The normalized spacial score (nSPS) is 42.3. The maximum Gasteiger partial charge on any atom is 0.259 e. The monoisotopic (exact) mass is 133 g/mol. The fraction of sp³-hybridized carbons (Fsp3) is 1.00. The Balaban J connectivity index is 2.19. The van der Waals surface area contributed by atoms with E-state index in [-0.39, 0.29) is 5.92 Å². The van der Waals surface area contributed by atoms with Crippen LogP contribution < -0.4 is 5.32 Å². The standard InChI is InChI=1S/C6H9F2N/c1-4-5(2-9-3-5)6(4,7)8/h4,9H,2-3H2,1H3. The Kier molecular flexibility index (Phi) is 0.712. The van der Waals surface area contributed by atoms with Gasteiger partial charge in [0.25, 0.3) is 5.92 Å². The van der Waals surface area contributed by atoms with Gasteiger partial charge in [0, 0.05) is 19.0 Å². The van der Waals surface area contributed by atoms with Crippen molar-refractivity contribution in [3.63, 3.8) is 0 Å². The van der Waals surface area contributed by atoms with Crippen LogP contribution in [0.25, 0.3) is 0 Å². The minimum absolute atomic E-state index is 0.383. The number of alkyl halides is 2. The predicted octanol–water partition coefficient (Wildman–Crippen LogP) is 0.861. The van der Waals surface area contributed by atoms with E-state index in [2.05, 4.69) is 5.32 Å². The van der Waals surface area contributed by atoms with E-state index in [1.807, 2.05) is 0 Å². The summed E-state index contributed by atoms with van der Waals surface area (Å²) in [5.41, 5.74) is -0.618. The molecule has 0 bridgehead atoms.